The molecule has 0 unspecified atom stereocenters. The number of nitrogens with one attached hydrogen (secondary N) is 1. The molecule has 1 saturated carbocycles. The van der Waals surface area contributed by atoms with Gasteiger partial charge in [0.25, 0.3) is 0 Å². The van der Waals surface area contributed by atoms with E-state index in [9.17, 15) is 10.1 Å². The van der Waals surface area contributed by atoms with E-state index in [0.29, 0.717) is 6.42 Å². The fourth-order valence-corrected chi connectivity index (χ4v) is 2.80. The number of hydrogen-bond acceptors (Lipinski definition) is 3. The van der Waals surface area contributed by atoms with Crippen molar-refractivity contribution in [1.29, 1.82) is 0 Å². The fraction of sp³-hybridized carbons (Fsp3) is 0.600. The van der Waals surface area contributed by atoms with E-state index in [0.717, 1.165) is 37.8 Å². The maximum absolute atomic E-state index is 11.1. The smallest absolute Gasteiger partial charge is 0.232 e. The number of nitrogens with zero attached hydrogens (tertiary/aromatic N) is 1. The van der Waals surface area contributed by atoms with E-state index in [2.05, 4.69) is 24.4 Å². The Balaban J connectivity index is 2.00. The molecule has 1 aliphatic carbocycles. The zero-order valence-corrected chi connectivity index (χ0v) is 11.5. The van der Waals surface area contributed by atoms with Crippen LogP contribution in [0.5, 0.6) is 0 Å². The van der Waals surface area contributed by atoms with Gasteiger partial charge >= 0.3 is 0 Å². The molecular weight excluding hydrogens is 240 g/mol. The van der Waals surface area contributed by atoms with Crippen molar-refractivity contribution in [2.24, 2.45) is 0 Å². The molecular formula is C15H22N2O2. The van der Waals surface area contributed by atoms with Crippen molar-refractivity contribution < 1.29 is 4.92 Å². The molecule has 104 valence electrons. The average molecular weight is 262 g/mol. The zero-order chi connectivity index (χ0) is 13.7. The highest BCUT2D eigenvalue weighted by molar-refractivity contribution is 5.45. The van der Waals surface area contributed by atoms with Crippen molar-refractivity contribution in [2.75, 3.05) is 5.32 Å². The summed E-state index contributed by atoms with van der Waals surface area (Å²) in [4.78, 5) is 10.9. The predicted molar refractivity (Wildman–Crippen MR) is 77.1 cm³/mol. The average Bonchev–Trinajstić information content (AvgIpc) is 2.42. The second kappa shape index (κ2) is 6.55. The summed E-state index contributed by atoms with van der Waals surface area (Å²) in [6.45, 7) is 2.16. The molecule has 1 fully saturated rings. The second-order valence-corrected chi connectivity index (χ2v) is 5.33. The Bertz CT molecular complexity index is 417. The number of benzene rings is 1. The quantitative estimate of drug-likeness (QED) is 0.651. The highest BCUT2D eigenvalue weighted by atomic mass is 16.6. The molecule has 2 rings (SSSR count). The zero-order valence-electron chi connectivity index (χ0n) is 11.5. The summed E-state index contributed by atoms with van der Waals surface area (Å²) in [6.07, 6.45) is 5.86. The molecule has 0 radical (unpaired) electrons. The van der Waals surface area contributed by atoms with E-state index in [4.69, 9.17) is 0 Å². The van der Waals surface area contributed by atoms with E-state index in [1.54, 1.807) is 0 Å². The Morgan fingerprint density at radius 1 is 1.26 bits per heavy atom. The maximum Gasteiger partial charge on any atom is 0.232 e. The van der Waals surface area contributed by atoms with Crippen LogP contribution in [-0.4, -0.2) is 17.0 Å². The number of aryl methyl sites for hydroxylation is 1. The van der Waals surface area contributed by atoms with Gasteiger partial charge in [-0.1, -0.05) is 31.9 Å². The van der Waals surface area contributed by atoms with Gasteiger partial charge in [0.05, 0.1) is 6.04 Å². The summed E-state index contributed by atoms with van der Waals surface area (Å²) < 4.78 is 0. The minimum Gasteiger partial charge on any atom is -0.376 e. The number of hydrogen-bond donors (Lipinski definition) is 1. The lowest BCUT2D eigenvalue weighted by atomic mass is 9.90. The Labute approximate surface area is 114 Å². The summed E-state index contributed by atoms with van der Waals surface area (Å²) in [5, 5.41) is 14.4. The highest BCUT2D eigenvalue weighted by Crippen LogP contribution is 2.24. The monoisotopic (exact) mass is 262 g/mol. The van der Waals surface area contributed by atoms with Crippen LogP contribution in [-0.2, 0) is 6.42 Å². The highest BCUT2D eigenvalue weighted by Gasteiger charge is 2.33. The van der Waals surface area contributed by atoms with Crippen molar-refractivity contribution >= 4 is 5.69 Å². The third-order valence-corrected chi connectivity index (χ3v) is 3.84. The first-order valence-corrected chi connectivity index (χ1v) is 7.19. The minimum atomic E-state index is -0.441. The van der Waals surface area contributed by atoms with Crippen LogP contribution in [0.4, 0.5) is 5.69 Å². The van der Waals surface area contributed by atoms with Crippen LogP contribution >= 0.6 is 0 Å². The molecule has 1 aromatic rings. The van der Waals surface area contributed by atoms with Gasteiger partial charge in [0.2, 0.25) is 6.04 Å². The number of nitro groups is 1. The van der Waals surface area contributed by atoms with Crippen molar-refractivity contribution in [3.63, 3.8) is 0 Å². The van der Waals surface area contributed by atoms with E-state index >= 15 is 0 Å². The lowest BCUT2D eigenvalue weighted by Gasteiger charge is -2.27. The number of rotatable bonds is 5. The Morgan fingerprint density at radius 2 is 1.95 bits per heavy atom. The molecule has 0 spiro atoms. The van der Waals surface area contributed by atoms with Crippen LogP contribution in [0.3, 0.4) is 0 Å². The van der Waals surface area contributed by atoms with Gasteiger partial charge in [-0.15, -0.1) is 0 Å². The Kier molecular flexibility index (Phi) is 4.77. The lowest BCUT2D eigenvalue weighted by Crippen LogP contribution is -2.41. The largest absolute Gasteiger partial charge is 0.376 e. The summed E-state index contributed by atoms with van der Waals surface area (Å²) in [5.41, 5.74) is 2.32. The lowest BCUT2D eigenvalue weighted by molar-refractivity contribution is -0.527. The molecule has 1 N–H and O–H groups in total. The minimum absolute atomic E-state index is 0.0271. The van der Waals surface area contributed by atoms with Crippen molar-refractivity contribution in [1.82, 2.24) is 0 Å². The predicted octanol–water partition coefficient (Wildman–Crippen LogP) is 3.64. The number of anilines is 1. The molecule has 0 amide bonds. The fourth-order valence-electron chi connectivity index (χ4n) is 2.80. The van der Waals surface area contributed by atoms with Gasteiger partial charge < -0.3 is 5.32 Å². The van der Waals surface area contributed by atoms with E-state index in [1.165, 1.54) is 5.56 Å². The van der Waals surface area contributed by atoms with Crippen molar-refractivity contribution in [2.45, 2.75) is 57.5 Å². The molecule has 0 bridgehead atoms. The molecule has 0 aromatic heterocycles. The molecule has 4 heteroatoms. The first-order valence-electron chi connectivity index (χ1n) is 7.19. The molecule has 2 atom stereocenters. The summed E-state index contributed by atoms with van der Waals surface area (Å²) in [7, 11) is 0. The van der Waals surface area contributed by atoms with Crippen LogP contribution in [0.1, 0.15) is 44.6 Å². The van der Waals surface area contributed by atoms with Gasteiger partial charge in [0.1, 0.15) is 0 Å². The Morgan fingerprint density at radius 3 is 2.58 bits per heavy atom. The van der Waals surface area contributed by atoms with Gasteiger partial charge in [-0.3, -0.25) is 10.1 Å². The molecule has 1 aliphatic rings. The third-order valence-electron chi connectivity index (χ3n) is 3.84. The van der Waals surface area contributed by atoms with E-state index < -0.39 is 6.04 Å². The molecule has 1 aromatic carbocycles. The summed E-state index contributed by atoms with van der Waals surface area (Å²) in [6, 6.07) is 7.82. The molecule has 4 nitrogen and oxygen atoms in total. The van der Waals surface area contributed by atoms with Gasteiger partial charge in [-0.05, 0) is 37.0 Å². The van der Waals surface area contributed by atoms with Crippen LogP contribution in [0.15, 0.2) is 24.3 Å². The third kappa shape index (κ3) is 3.69. The second-order valence-electron chi connectivity index (χ2n) is 5.33. The SMILES string of the molecule is CCCc1ccc(N[C@H]2CCCC[C@@H]2[N+](=O)[O-])cc1. The topological polar surface area (TPSA) is 55.2 Å². The van der Waals surface area contributed by atoms with Crippen LogP contribution < -0.4 is 5.32 Å². The van der Waals surface area contributed by atoms with Gasteiger partial charge in [0, 0.05) is 17.0 Å². The van der Waals surface area contributed by atoms with Crippen molar-refractivity contribution in [3.8, 4) is 0 Å². The summed E-state index contributed by atoms with van der Waals surface area (Å²) >= 11 is 0. The van der Waals surface area contributed by atoms with Gasteiger partial charge in [0.15, 0.2) is 0 Å². The molecule has 0 aliphatic heterocycles. The van der Waals surface area contributed by atoms with Crippen molar-refractivity contribution in [3.05, 3.63) is 39.9 Å². The van der Waals surface area contributed by atoms with Gasteiger partial charge in [-0.25, -0.2) is 0 Å². The van der Waals surface area contributed by atoms with Crippen LogP contribution in [0.25, 0.3) is 0 Å². The standard InChI is InChI=1S/C15H22N2O2/c1-2-5-12-8-10-13(11-9-12)16-14-6-3-4-7-15(14)17(18)19/h8-11,14-16H,2-7H2,1H3/t14-,15-/m0/s1. The Hall–Kier alpha value is -1.58. The molecule has 0 saturated heterocycles. The molecule has 0 heterocycles. The van der Waals surface area contributed by atoms with E-state index in [-0.39, 0.29) is 11.0 Å². The first-order chi connectivity index (χ1) is 9.20. The van der Waals surface area contributed by atoms with E-state index in [1.807, 2.05) is 12.1 Å². The maximum atomic E-state index is 11.1. The van der Waals surface area contributed by atoms with Crippen LogP contribution in [0, 0.1) is 10.1 Å². The summed E-state index contributed by atoms with van der Waals surface area (Å²) in [5.74, 6) is 0. The van der Waals surface area contributed by atoms with Gasteiger partial charge in [-0.2, -0.15) is 0 Å². The normalized spacial score (nSPS) is 23.0. The van der Waals surface area contributed by atoms with Crippen LogP contribution in [0.2, 0.25) is 0 Å². The first kappa shape index (κ1) is 13.8. The molecule has 19 heavy (non-hydrogen) atoms.